The van der Waals surface area contributed by atoms with Gasteiger partial charge in [0.2, 0.25) is 0 Å². The highest BCUT2D eigenvalue weighted by molar-refractivity contribution is 7.90. The molecule has 4 rings (SSSR count). The summed E-state index contributed by atoms with van der Waals surface area (Å²) in [4.78, 5) is 4.39. The van der Waals surface area contributed by atoms with Gasteiger partial charge in [-0.3, -0.25) is 4.98 Å². The predicted molar refractivity (Wildman–Crippen MR) is 106 cm³/mol. The van der Waals surface area contributed by atoms with Gasteiger partial charge < -0.3 is 0 Å². The molecule has 1 fully saturated rings. The van der Waals surface area contributed by atoms with Crippen LogP contribution in [-0.4, -0.2) is 19.7 Å². The maximum atomic E-state index is 12.9. The molecule has 0 unspecified atom stereocenters. The molecule has 29 heavy (non-hydrogen) atoms. The minimum absolute atomic E-state index is 0.143. The lowest BCUT2D eigenvalue weighted by Crippen LogP contribution is -2.11. The SMILES string of the molecule is CS(=O)(=O)c1ccc(C2=C(c3ccc(C(F)(F)F)cn3)CC3(CCCC3)C2)cc1. The van der Waals surface area contributed by atoms with Crippen molar-refractivity contribution in [2.75, 3.05) is 6.26 Å². The van der Waals surface area contributed by atoms with E-state index in [4.69, 9.17) is 0 Å². The molecule has 1 aromatic carbocycles. The number of benzene rings is 1. The normalized spacial score (nSPS) is 19.3. The number of halogens is 3. The van der Waals surface area contributed by atoms with E-state index in [0.29, 0.717) is 5.69 Å². The molecular weight excluding hydrogens is 399 g/mol. The highest BCUT2D eigenvalue weighted by Gasteiger charge is 2.42. The largest absolute Gasteiger partial charge is 0.417 e. The van der Waals surface area contributed by atoms with Crippen molar-refractivity contribution in [1.29, 1.82) is 0 Å². The first-order valence-electron chi connectivity index (χ1n) is 9.64. The fraction of sp³-hybridized carbons (Fsp3) is 0.409. The molecule has 0 radical (unpaired) electrons. The van der Waals surface area contributed by atoms with Gasteiger partial charge in [-0.15, -0.1) is 0 Å². The molecule has 0 atom stereocenters. The molecule has 2 aliphatic carbocycles. The average molecular weight is 421 g/mol. The van der Waals surface area contributed by atoms with Crippen LogP contribution in [0.15, 0.2) is 47.5 Å². The fourth-order valence-corrected chi connectivity index (χ4v) is 5.30. The standard InChI is InChI=1S/C22H22F3NO2S/c1-29(27,28)17-7-4-15(5-8-17)18-12-21(10-2-3-11-21)13-19(18)20-9-6-16(14-26-20)22(23,24)25/h4-9,14H,2-3,10-13H2,1H3. The number of hydrogen-bond acceptors (Lipinski definition) is 3. The number of rotatable bonds is 3. The number of alkyl halides is 3. The molecule has 154 valence electrons. The summed E-state index contributed by atoms with van der Waals surface area (Å²) in [6.07, 6.45) is 3.82. The van der Waals surface area contributed by atoms with Crippen molar-refractivity contribution in [2.45, 2.75) is 49.6 Å². The van der Waals surface area contributed by atoms with Gasteiger partial charge in [0.05, 0.1) is 16.2 Å². The van der Waals surface area contributed by atoms with Gasteiger partial charge in [-0.1, -0.05) is 25.0 Å². The van der Waals surface area contributed by atoms with Crippen LogP contribution in [0.25, 0.3) is 11.1 Å². The Morgan fingerprint density at radius 3 is 2.07 bits per heavy atom. The van der Waals surface area contributed by atoms with Crippen molar-refractivity contribution >= 4 is 21.0 Å². The summed E-state index contributed by atoms with van der Waals surface area (Å²) >= 11 is 0. The number of sulfone groups is 1. The van der Waals surface area contributed by atoms with Crippen LogP contribution in [-0.2, 0) is 16.0 Å². The van der Waals surface area contributed by atoms with Gasteiger partial charge >= 0.3 is 6.18 Å². The van der Waals surface area contributed by atoms with E-state index in [9.17, 15) is 21.6 Å². The second kappa shape index (κ2) is 6.97. The van der Waals surface area contributed by atoms with Crippen LogP contribution in [0, 0.1) is 5.41 Å². The first-order valence-corrected chi connectivity index (χ1v) is 11.5. The number of pyridine rings is 1. The van der Waals surface area contributed by atoms with E-state index in [2.05, 4.69) is 4.98 Å². The predicted octanol–water partition coefficient (Wildman–Crippen LogP) is 5.77. The van der Waals surface area contributed by atoms with E-state index in [0.717, 1.165) is 67.5 Å². The summed E-state index contributed by atoms with van der Waals surface area (Å²) < 4.78 is 62.2. The maximum absolute atomic E-state index is 12.9. The Bertz CT molecular complexity index is 1050. The molecule has 1 heterocycles. The molecule has 1 saturated carbocycles. The fourth-order valence-electron chi connectivity index (χ4n) is 4.67. The lowest BCUT2D eigenvalue weighted by molar-refractivity contribution is -0.137. The first-order chi connectivity index (χ1) is 13.6. The maximum Gasteiger partial charge on any atom is 0.417 e. The van der Waals surface area contributed by atoms with E-state index in [-0.39, 0.29) is 10.3 Å². The minimum Gasteiger partial charge on any atom is -0.256 e. The molecule has 1 spiro atoms. The Kier molecular flexibility index (Phi) is 4.84. The van der Waals surface area contributed by atoms with E-state index in [1.165, 1.54) is 12.3 Å². The van der Waals surface area contributed by atoms with Crippen molar-refractivity contribution < 1.29 is 21.6 Å². The van der Waals surface area contributed by atoms with Crippen LogP contribution in [0.2, 0.25) is 0 Å². The summed E-state index contributed by atoms with van der Waals surface area (Å²) in [5.41, 5.74) is 2.92. The van der Waals surface area contributed by atoms with Gasteiger partial charge in [-0.25, -0.2) is 8.42 Å². The third-order valence-electron chi connectivity index (χ3n) is 6.16. The summed E-state index contributed by atoms with van der Waals surface area (Å²) in [5, 5.41) is 0. The van der Waals surface area contributed by atoms with Gasteiger partial charge in [0.15, 0.2) is 9.84 Å². The van der Waals surface area contributed by atoms with Gasteiger partial charge in [0, 0.05) is 12.5 Å². The second-order valence-corrected chi connectivity index (χ2v) is 10.3. The van der Waals surface area contributed by atoms with Gasteiger partial charge in [0.25, 0.3) is 0 Å². The van der Waals surface area contributed by atoms with Crippen LogP contribution < -0.4 is 0 Å². The van der Waals surface area contributed by atoms with Gasteiger partial charge in [-0.2, -0.15) is 13.2 Å². The monoisotopic (exact) mass is 421 g/mol. The van der Waals surface area contributed by atoms with Crippen molar-refractivity contribution in [3.8, 4) is 0 Å². The third-order valence-corrected chi connectivity index (χ3v) is 7.29. The molecule has 0 aliphatic heterocycles. The Morgan fingerprint density at radius 1 is 0.931 bits per heavy atom. The second-order valence-electron chi connectivity index (χ2n) is 8.24. The zero-order valence-electron chi connectivity index (χ0n) is 16.1. The Balaban J connectivity index is 1.76. The Hall–Kier alpha value is -2.15. The highest BCUT2D eigenvalue weighted by Crippen LogP contribution is 2.57. The lowest BCUT2D eigenvalue weighted by atomic mass is 9.81. The first kappa shape index (κ1) is 20.1. The van der Waals surface area contributed by atoms with Crippen molar-refractivity contribution in [3.05, 3.63) is 59.4 Å². The Labute approximate surface area is 168 Å². The third kappa shape index (κ3) is 3.97. The number of allylic oxidation sites excluding steroid dienone is 2. The lowest BCUT2D eigenvalue weighted by Gasteiger charge is -2.23. The molecule has 0 bridgehead atoms. The number of nitrogens with zero attached hydrogens (tertiary/aromatic N) is 1. The van der Waals surface area contributed by atoms with Gasteiger partial charge in [-0.05, 0) is 72.1 Å². The zero-order chi connectivity index (χ0) is 20.9. The summed E-state index contributed by atoms with van der Waals surface area (Å²) in [5.74, 6) is 0. The van der Waals surface area contributed by atoms with Crippen molar-refractivity contribution in [2.24, 2.45) is 5.41 Å². The van der Waals surface area contributed by atoms with Gasteiger partial charge in [0.1, 0.15) is 0 Å². The van der Waals surface area contributed by atoms with Crippen molar-refractivity contribution in [1.82, 2.24) is 4.98 Å². The summed E-state index contributed by atoms with van der Waals surface area (Å²) in [6.45, 7) is 0. The molecule has 0 saturated heterocycles. The molecule has 2 aromatic rings. The molecule has 7 heteroatoms. The Morgan fingerprint density at radius 2 is 1.55 bits per heavy atom. The van der Waals surface area contributed by atoms with E-state index in [1.807, 2.05) is 0 Å². The van der Waals surface area contributed by atoms with Crippen LogP contribution >= 0.6 is 0 Å². The molecular formula is C22H22F3NO2S. The number of aromatic nitrogens is 1. The molecule has 1 aromatic heterocycles. The zero-order valence-corrected chi connectivity index (χ0v) is 16.9. The summed E-state index contributed by atoms with van der Waals surface area (Å²) in [6, 6.07) is 9.31. The average Bonchev–Trinajstić information content (AvgIpc) is 3.28. The van der Waals surface area contributed by atoms with E-state index < -0.39 is 21.6 Å². The smallest absolute Gasteiger partial charge is 0.256 e. The molecule has 0 amide bonds. The van der Waals surface area contributed by atoms with Crippen LogP contribution in [0.3, 0.4) is 0 Å². The van der Waals surface area contributed by atoms with Crippen molar-refractivity contribution in [3.63, 3.8) is 0 Å². The quantitative estimate of drug-likeness (QED) is 0.632. The van der Waals surface area contributed by atoms with E-state index >= 15 is 0 Å². The highest BCUT2D eigenvalue weighted by atomic mass is 32.2. The molecule has 3 nitrogen and oxygen atoms in total. The molecule has 0 N–H and O–H groups in total. The van der Waals surface area contributed by atoms with Crippen LogP contribution in [0.5, 0.6) is 0 Å². The summed E-state index contributed by atoms with van der Waals surface area (Å²) in [7, 11) is -3.28. The van der Waals surface area contributed by atoms with Crippen LogP contribution in [0.1, 0.15) is 55.3 Å². The molecule has 2 aliphatic rings. The topological polar surface area (TPSA) is 47.0 Å². The minimum atomic E-state index is -4.41. The van der Waals surface area contributed by atoms with Crippen LogP contribution in [0.4, 0.5) is 13.2 Å². The number of hydrogen-bond donors (Lipinski definition) is 0. The van der Waals surface area contributed by atoms with E-state index in [1.54, 1.807) is 24.3 Å².